The van der Waals surface area contributed by atoms with E-state index in [9.17, 15) is 21.6 Å². The highest BCUT2D eigenvalue weighted by atomic mass is 35.5. The molecule has 5 rings (SSSR count). The summed E-state index contributed by atoms with van der Waals surface area (Å²) < 4.78 is 53.9. The number of rotatable bonds is 8. The van der Waals surface area contributed by atoms with Crippen LogP contribution in [-0.2, 0) is 25.9 Å². The molecule has 0 saturated carbocycles. The Morgan fingerprint density at radius 3 is 2.37 bits per heavy atom. The van der Waals surface area contributed by atoms with E-state index in [0.29, 0.717) is 22.2 Å². The third-order valence-corrected chi connectivity index (χ3v) is 8.60. The van der Waals surface area contributed by atoms with Gasteiger partial charge in [-0.15, -0.1) is 11.6 Å². The largest absolute Gasteiger partial charge is 0.320 e. The van der Waals surface area contributed by atoms with Gasteiger partial charge in [0.15, 0.2) is 5.15 Å². The summed E-state index contributed by atoms with van der Waals surface area (Å²) in [6.45, 7) is 0. The maximum Gasteiger partial charge on any atom is 0.283 e. The van der Waals surface area contributed by atoms with Gasteiger partial charge in [0.25, 0.3) is 15.9 Å². The Balaban J connectivity index is 1.69. The van der Waals surface area contributed by atoms with E-state index >= 15 is 0 Å². The minimum Gasteiger partial charge on any atom is -0.320 e. The molecule has 5 aromatic rings. The molecule has 3 aromatic heterocycles. The lowest BCUT2D eigenvalue weighted by molar-refractivity contribution is 0.102. The van der Waals surface area contributed by atoms with E-state index in [1.54, 1.807) is 42.5 Å². The lowest BCUT2D eigenvalue weighted by Crippen LogP contribution is -2.15. The van der Waals surface area contributed by atoms with Gasteiger partial charge in [0, 0.05) is 17.1 Å². The first-order valence-corrected chi connectivity index (χ1v) is 16.0. The van der Waals surface area contributed by atoms with Gasteiger partial charge in [0.1, 0.15) is 5.69 Å². The zero-order chi connectivity index (χ0) is 29.4. The van der Waals surface area contributed by atoms with Crippen molar-refractivity contribution in [3.8, 4) is 11.1 Å². The number of halogens is 2. The summed E-state index contributed by atoms with van der Waals surface area (Å²) in [4.78, 5) is 21.5. The fraction of sp³-hybridized carbons (Fsp3) is 0.0769. The van der Waals surface area contributed by atoms with Crippen molar-refractivity contribution in [3.05, 3.63) is 95.7 Å². The van der Waals surface area contributed by atoms with Crippen molar-refractivity contribution in [2.24, 2.45) is 0 Å². The first kappa shape index (κ1) is 28.5. The van der Waals surface area contributed by atoms with E-state index in [4.69, 9.17) is 23.2 Å². The fourth-order valence-corrected chi connectivity index (χ4v) is 6.19. The summed E-state index contributed by atoms with van der Waals surface area (Å²) in [7, 11) is -7.81. The molecule has 0 fully saturated rings. The lowest BCUT2D eigenvalue weighted by Gasteiger charge is -2.13. The van der Waals surface area contributed by atoms with Crippen molar-refractivity contribution in [1.29, 1.82) is 0 Å². The van der Waals surface area contributed by atoms with Crippen molar-refractivity contribution in [2.75, 3.05) is 16.3 Å². The Morgan fingerprint density at radius 1 is 0.927 bits per heavy atom. The Kier molecular flexibility index (Phi) is 7.70. The van der Waals surface area contributed by atoms with Crippen molar-refractivity contribution < 1.29 is 21.6 Å². The van der Waals surface area contributed by atoms with Crippen LogP contribution in [0.25, 0.3) is 22.0 Å². The van der Waals surface area contributed by atoms with E-state index in [1.807, 2.05) is 0 Å². The average Bonchev–Trinajstić information content (AvgIpc) is 3.39. The highest BCUT2D eigenvalue weighted by molar-refractivity contribution is 7.92. The van der Waals surface area contributed by atoms with Crippen molar-refractivity contribution in [2.45, 2.75) is 10.8 Å². The molecule has 0 atom stereocenters. The van der Waals surface area contributed by atoms with Gasteiger partial charge >= 0.3 is 0 Å². The molecule has 3 heterocycles. The Bertz CT molecular complexity index is 2020. The zero-order valence-electron chi connectivity index (χ0n) is 21.1. The van der Waals surface area contributed by atoms with Crippen molar-refractivity contribution in [1.82, 2.24) is 19.2 Å². The van der Waals surface area contributed by atoms with Crippen LogP contribution in [-0.4, -0.2) is 48.2 Å². The number of pyridine rings is 2. The minimum atomic E-state index is -4.13. The lowest BCUT2D eigenvalue weighted by atomic mass is 10.0. The molecule has 11 nitrogen and oxygen atoms in total. The second-order valence-electron chi connectivity index (χ2n) is 8.80. The molecule has 0 aliphatic rings. The van der Waals surface area contributed by atoms with Gasteiger partial charge in [-0.3, -0.25) is 9.52 Å². The number of sulfonamides is 1. The van der Waals surface area contributed by atoms with Crippen LogP contribution >= 0.6 is 23.2 Å². The summed E-state index contributed by atoms with van der Waals surface area (Å²) in [6, 6.07) is 17.2. The Labute approximate surface area is 245 Å². The van der Waals surface area contributed by atoms with E-state index in [2.05, 4.69) is 25.1 Å². The number of anilines is 2. The highest BCUT2D eigenvalue weighted by Gasteiger charge is 2.23. The van der Waals surface area contributed by atoms with Crippen molar-refractivity contribution >= 4 is 71.4 Å². The molecule has 41 heavy (non-hydrogen) atoms. The smallest absolute Gasteiger partial charge is 0.283 e. The Hall–Kier alpha value is -4.04. The molecular weight excluding hydrogens is 611 g/mol. The van der Waals surface area contributed by atoms with Crippen LogP contribution in [0.15, 0.2) is 84.0 Å². The maximum atomic E-state index is 13.5. The summed E-state index contributed by atoms with van der Waals surface area (Å²) >= 11 is 12.0. The summed E-state index contributed by atoms with van der Waals surface area (Å²) in [6.07, 6.45) is 3.69. The van der Waals surface area contributed by atoms with E-state index < -0.39 is 26.0 Å². The van der Waals surface area contributed by atoms with Crippen LogP contribution in [0, 0.1) is 0 Å². The Morgan fingerprint density at radius 2 is 1.66 bits per heavy atom. The van der Waals surface area contributed by atoms with Crippen LogP contribution in [0.3, 0.4) is 0 Å². The zero-order valence-corrected chi connectivity index (χ0v) is 24.3. The molecule has 0 spiro atoms. The quantitative estimate of drug-likeness (QED) is 0.184. The standard InChI is InChI=1S/C26H20Cl2N6O5S2/c1-40(36,37)33-23-11-17(14-29-25(23)28)16-10-22(32-26(35)21-9-5-6-18(13-27)31-21)20-15-30-34(24(20)12-16)41(38,39)19-7-3-2-4-8-19/h2-12,14-15,33H,13H2,1H3,(H,32,35). The number of carbonyl (C=O) groups is 1. The van der Waals surface area contributed by atoms with E-state index in [1.165, 1.54) is 36.7 Å². The van der Waals surface area contributed by atoms with Gasteiger partial charge < -0.3 is 5.32 Å². The number of nitrogens with zero attached hydrogens (tertiary/aromatic N) is 4. The number of fused-ring (bicyclic) bond motifs is 1. The normalized spacial score (nSPS) is 11.9. The molecule has 1 amide bonds. The van der Waals surface area contributed by atoms with Crippen molar-refractivity contribution in [3.63, 3.8) is 0 Å². The predicted molar refractivity (Wildman–Crippen MR) is 157 cm³/mol. The molecule has 0 unspecified atom stereocenters. The average molecular weight is 632 g/mol. The third kappa shape index (κ3) is 6.03. The molecule has 0 aliphatic heterocycles. The molecule has 210 valence electrons. The van der Waals surface area contributed by atoms with E-state index in [0.717, 1.165) is 10.3 Å². The predicted octanol–water partition coefficient (Wildman–Crippen LogP) is 4.75. The van der Waals surface area contributed by atoms with Crippen LogP contribution in [0.1, 0.15) is 16.2 Å². The molecule has 0 aliphatic carbocycles. The van der Waals surface area contributed by atoms with Crippen LogP contribution in [0.5, 0.6) is 0 Å². The number of carbonyl (C=O) groups excluding carboxylic acids is 1. The number of aromatic nitrogens is 4. The van der Waals surface area contributed by atoms with Crippen LogP contribution in [0.4, 0.5) is 11.4 Å². The van der Waals surface area contributed by atoms with E-state index in [-0.39, 0.29) is 38.5 Å². The molecule has 15 heteroatoms. The van der Waals surface area contributed by atoms with Gasteiger partial charge in [0.2, 0.25) is 10.0 Å². The maximum absolute atomic E-state index is 13.5. The molecule has 0 saturated heterocycles. The fourth-order valence-electron chi connectivity index (χ4n) is 4.00. The van der Waals surface area contributed by atoms with Gasteiger partial charge in [-0.1, -0.05) is 35.9 Å². The SMILES string of the molecule is CS(=O)(=O)Nc1cc(-c2cc(NC(=O)c3cccc(CCl)n3)c3cnn(S(=O)(=O)c4ccccc4)c3c2)cnc1Cl. The van der Waals surface area contributed by atoms with Gasteiger partial charge in [-0.25, -0.2) is 18.4 Å². The number of alkyl halides is 1. The summed E-state index contributed by atoms with van der Waals surface area (Å²) in [5.41, 5.74) is 1.76. The number of nitrogens with one attached hydrogen (secondary N) is 2. The summed E-state index contributed by atoms with van der Waals surface area (Å²) in [5.74, 6) is -0.457. The third-order valence-electron chi connectivity index (χ3n) is 5.82. The number of benzene rings is 2. The highest BCUT2D eigenvalue weighted by Crippen LogP contribution is 2.35. The number of amides is 1. The summed E-state index contributed by atoms with van der Waals surface area (Å²) in [5, 5.41) is 7.16. The second-order valence-corrected chi connectivity index (χ2v) is 12.9. The number of hydrogen-bond acceptors (Lipinski definition) is 8. The minimum absolute atomic E-state index is 0.0101. The molecule has 0 radical (unpaired) electrons. The molecule has 2 aromatic carbocycles. The first-order valence-electron chi connectivity index (χ1n) is 11.8. The van der Waals surface area contributed by atoms with Crippen LogP contribution < -0.4 is 10.0 Å². The molecule has 0 bridgehead atoms. The van der Waals surface area contributed by atoms with Gasteiger partial charge in [-0.2, -0.15) is 17.6 Å². The second kappa shape index (κ2) is 11.1. The monoisotopic (exact) mass is 630 g/mol. The molecular formula is C26H20Cl2N6O5S2. The van der Waals surface area contributed by atoms with Crippen LogP contribution in [0.2, 0.25) is 5.15 Å². The molecule has 2 N–H and O–H groups in total. The van der Waals surface area contributed by atoms with Gasteiger partial charge in [0.05, 0.1) is 45.8 Å². The number of hydrogen-bond donors (Lipinski definition) is 2. The topological polar surface area (TPSA) is 153 Å². The first-order chi connectivity index (χ1) is 19.5. The van der Waals surface area contributed by atoms with Gasteiger partial charge in [-0.05, 0) is 48.0 Å².